The van der Waals surface area contributed by atoms with Gasteiger partial charge in [0.1, 0.15) is 0 Å². The van der Waals surface area contributed by atoms with Crippen molar-refractivity contribution in [2.75, 3.05) is 0 Å². The van der Waals surface area contributed by atoms with E-state index in [0.717, 1.165) is 0 Å². The minimum absolute atomic E-state index is 0. The zero-order valence-electron chi connectivity index (χ0n) is 1.31. The SMILES string of the molecule is [Cu+].[Cu+].[Cu].[O-2]. The molecule has 0 unspecified atom stereocenters. The molecule has 0 fully saturated rings. The topological polar surface area (TPSA) is 28.5 Å². The van der Waals surface area contributed by atoms with Crippen LogP contribution < -0.4 is 0 Å². The van der Waals surface area contributed by atoms with Gasteiger partial charge in [0.05, 0.1) is 0 Å². The van der Waals surface area contributed by atoms with E-state index in [1.165, 1.54) is 0 Å². The molecule has 4 heteroatoms. The Morgan fingerprint density at radius 3 is 0.750 bits per heavy atom. The van der Waals surface area contributed by atoms with Crippen LogP contribution in [0.15, 0.2) is 0 Å². The van der Waals surface area contributed by atoms with Crippen molar-refractivity contribution in [2.24, 2.45) is 0 Å². The van der Waals surface area contributed by atoms with E-state index in [1.54, 1.807) is 0 Å². The summed E-state index contributed by atoms with van der Waals surface area (Å²) in [6.07, 6.45) is 0. The third-order valence-corrected chi connectivity index (χ3v) is 0. The molecule has 0 aliphatic rings. The predicted molar refractivity (Wildman–Crippen MR) is 0.686 cm³/mol. The first kappa shape index (κ1) is 48.9. The van der Waals surface area contributed by atoms with E-state index in [-0.39, 0.29) is 56.7 Å². The molecule has 39 valence electrons. The van der Waals surface area contributed by atoms with Gasteiger partial charge in [-0.05, 0) is 0 Å². The van der Waals surface area contributed by atoms with Gasteiger partial charge in [-0.1, -0.05) is 0 Å². The summed E-state index contributed by atoms with van der Waals surface area (Å²) in [5, 5.41) is 0. The number of hydrogen-bond donors (Lipinski definition) is 0. The van der Waals surface area contributed by atoms with Crippen LogP contribution in [0.4, 0.5) is 0 Å². The molecule has 0 N–H and O–H groups in total. The fourth-order valence-corrected chi connectivity index (χ4v) is 0. The van der Waals surface area contributed by atoms with Gasteiger partial charge in [-0.15, -0.1) is 0 Å². The molecule has 0 amide bonds. The van der Waals surface area contributed by atoms with Crippen LogP contribution in [0.3, 0.4) is 0 Å². The molecule has 0 atom stereocenters. The zero-order valence-corrected chi connectivity index (χ0v) is 4.14. The predicted octanol–water partition coefficient (Wildman–Crippen LogP) is -0.126. The summed E-state index contributed by atoms with van der Waals surface area (Å²) in [7, 11) is 0. The molecule has 0 aliphatic heterocycles. The second kappa shape index (κ2) is 24.3. The maximum atomic E-state index is 0. The summed E-state index contributed by atoms with van der Waals surface area (Å²) in [6.45, 7) is 0. The largest absolute Gasteiger partial charge is 2.00 e. The first-order valence-electron chi connectivity index (χ1n) is 0. The normalized spacial score (nSPS) is 0. The van der Waals surface area contributed by atoms with Crippen molar-refractivity contribution in [1.82, 2.24) is 0 Å². The van der Waals surface area contributed by atoms with Crippen molar-refractivity contribution < 1.29 is 56.7 Å². The molecule has 0 aromatic rings. The molecular weight excluding hydrogens is 207 g/mol. The van der Waals surface area contributed by atoms with Crippen molar-refractivity contribution >= 4 is 0 Å². The van der Waals surface area contributed by atoms with Crippen molar-refractivity contribution in [2.45, 2.75) is 0 Å². The fraction of sp³-hybridized carbons (Fsp3) is 0. The Labute approximate surface area is 56.6 Å². The van der Waals surface area contributed by atoms with Crippen LogP contribution in [0.2, 0.25) is 0 Å². The van der Waals surface area contributed by atoms with Crippen molar-refractivity contribution in [3.05, 3.63) is 0 Å². The Bertz CT molecular complexity index is 3.25. The smallest absolute Gasteiger partial charge is 1.00 e. The third kappa shape index (κ3) is 9.68. The molecule has 4 heavy (non-hydrogen) atoms. The molecule has 0 saturated carbocycles. The Kier molecular flexibility index (Phi) is 296. The Morgan fingerprint density at radius 1 is 0.750 bits per heavy atom. The zero-order chi connectivity index (χ0) is 0. The van der Waals surface area contributed by atoms with E-state index in [2.05, 4.69) is 0 Å². The minimum atomic E-state index is 0. The molecule has 0 aliphatic carbocycles. The van der Waals surface area contributed by atoms with Gasteiger partial charge in [0.25, 0.3) is 0 Å². The van der Waals surface area contributed by atoms with E-state index >= 15 is 0 Å². The van der Waals surface area contributed by atoms with E-state index < -0.39 is 0 Å². The van der Waals surface area contributed by atoms with E-state index in [1.807, 2.05) is 0 Å². The van der Waals surface area contributed by atoms with Crippen LogP contribution in [0.1, 0.15) is 0 Å². The van der Waals surface area contributed by atoms with E-state index in [0.29, 0.717) is 0 Å². The molecule has 0 rings (SSSR count). The first-order chi connectivity index (χ1) is 0. The van der Waals surface area contributed by atoms with Crippen molar-refractivity contribution in [3.63, 3.8) is 0 Å². The van der Waals surface area contributed by atoms with Crippen LogP contribution in [0, 0.1) is 0 Å². The summed E-state index contributed by atoms with van der Waals surface area (Å²) < 4.78 is 0. The molecule has 1 radical (unpaired) electrons. The summed E-state index contributed by atoms with van der Waals surface area (Å²) in [6, 6.07) is 0. The van der Waals surface area contributed by atoms with Gasteiger partial charge < -0.3 is 5.48 Å². The Morgan fingerprint density at radius 2 is 0.750 bits per heavy atom. The second-order valence-electron chi connectivity index (χ2n) is 0. The molecule has 0 aromatic carbocycles. The van der Waals surface area contributed by atoms with Crippen LogP contribution in [0.5, 0.6) is 0 Å². The number of rotatable bonds is 0. The summed E-state index contributed by atoms with van der Waals surface area (Å²) in [4.78, 5) is 0. The van der Waals surface area contributed by atoms with Gasteiger partial charge >= 0.3 is 34.1 Å². The van der Waals surface area contributed by atoms with Crippen LogP contribution in [-0.4, -0.2) is 0 Å². The van der Waals surface area contributed by atoms with E-state index in [4.69, 9.17) is 0 Å². The van der Waals surface area contributed by atoms with Gasteiger partial charge in [0.15, 0.2) is 0 Å². The van der Waals surface area contributed by atoms with Crippen LogP contribution in [-0.2, 0) is 56.7 Å². The average molecular weight is 207 g/mol. The standard InChI is InChI=1S/3Cu.O/q;2*+1;-2. The van der Waals surface area contributed by atoms with Gasteiger partial charge in [0.2, 0.25) is 0 Å². The molecule has 0 spiro atoms. The van der Waals surface area contributed by atoms with Gasteiger partial charge in [0, 0.05) is 17.1 Å². The quantitative estimate of drug-likeness (QED) is 0.495. The molecule has 0 aromatic heterocycles. The third-order valence-electron chi connectivity index (χ3n) is 0. The van der Waals surface area contributed by atoms with Crippen molar-refractivity contribution in [1.29, 1.82) is 0 Å². The second-order valence-corrected chi connectivity index (χ2v) is 0. The van der Waals surface area contributed by atoms with E-state index in [9.17, 15) is 0 Å². The Hall–Kier alpha value is 1.52. The fourth-order valence-electron chi connectivity index (χ4n) is 0. The van der Waals surface area contributed by atoms with Gasteiger partial charge in [-0.2, -0.15) is 0 Å². The van der Waals surface area contributed by atoms with Crippen LogP contribution >= 0.6 is 0 Å². The summed E-state index contributed by atoms with van der Waals surface area (Å²) >= 11 is 0. The minimum Gasteiger partial charge on any atom is -2.00 e. The molecule has 1 nitrogen and oxygen atoms in total. The summed E-state index contributed by atoms with van der Waals surface area (Å²) in [5.41, 5.74) is 0. The monoisotopic (exact) mass is 205 g/mol. The maximum absolute atomic E-state index is 0. The number of hydrogen-bond acceptors (Lipinski definition) is 0. The Balaban J connectivity index is 0. The van der Waals surface area contributed by atoms with Gasteiger partial charge in [-0.25, -0.2) is 0 Å². The van der Waals surface area contributed by atoms with Crippen molar-refractivity contribution in [3.8, 4) is 0 Å². The molecule has 0 heterocycles. The maximum Gasteiger partial charge on any atom is 1.00 e. The van der Waals surface area contributed by atoms with Gasteiger partial charge in [-0.3, -0.25) is 0 Å². The molecular formula is Cu3O. The summed E-state index contributed by atoms with van der Waals surface area (Å²) in [5.74, 6) is 0. The molecule has 0 bridgehead atoms. The molecule has 0 saturated heterocycles. The average Bonchev–Trinajstić information content (AvgIpc) is 0. The first-order valence-corrected chi connectivity index (χ1v) is 0. The van der Waals surface area contributed by atoms with Crippen LogP contribution in [0.25, 0.3) is 0 Å².